The first kappa shape index (κ1) is 13.4. The lowest BCUT2D eigenvalue weighted by atomic mass is 9.76. The third-order valence-electron chi connectivity index (χ3n) is 4.40. The van der Waals surface area contributed by atoms with Crippen molar-refractivity contribution >= 4 is 0 Å². The Bertz CT molecular complexity index is 394. The molecule has 0 amide bonds. The molecule has 2 nitrogen and oxygen atoms in total. The molecule has 2 heteroatoms. The Hall–Kier alpha value is -1.02. The Balaban J connectivity index is 2.36. The molecule has 18 heavy (non-hydrogen) atoms. The molecule has 0 aromatic heterocycles. The number of nitrogens with one attached hydrogen (secondary N) is 1. The van der Waals surface area contributed by atoms with E-state index in [0.717, 1.165) is 12.2 Å². The molecule has 1 N–H and O–H groups in total. The van der Waals surface area contributed by atoms with E-state index in [1.807, 2.05) is 0 Å². The summed E-state index contributed by atoms with van der Waals surface area (Å²) in [6.45, 7) is 2.19. The second-order valence-corrected chi connectivity index (χ2v) is 5.27. The summed E-state index contributed by atoms with van der Waals surface area (Å²) in [5.41, 5.74) is 2.94. The molecule has 1 fully saturated rings. The van der Waals surface area contributed by atoms with Crippen LogP contribution in [-0.4, -0.2) is 14.2 Å². The molecule has 2 rings (SSSR count). The Morgan fingerprint density at radius 1 is 1.22 bits per heavy atom. The van der Waals surface area contributed by atoms with Crippen LogP contribution in [0.3, 0.4) is 0 Å². The predicted octanol–water partition coefficient (Wildman–Crippen LogP) is 3.64. The molecule has 0 radical (unpaired) electrons. The van der Waals surface area contributed by atoms with Gasteiger partial charge in [0.1, 0.15) is 5.75 Å². The summed E-state index contributed by atoms with van der Waals surface area (Å²) in [5.74, 6) is 1.02. The first-order valence-electron chi connectivity index (χ1n) is 7.12. The van der Waals surface area contributed by atoms with E-state index in [2.05, 4.69) is 37.5 Å². The van der Waals surface area contributed by atoms with Crippen molar-refractivity contribution in [1.82, 2.24) is 5.32 Å². The topological polar surface area (TPSA) is 21.3 Å². The maximum absolute atomic E-state index is 5.42. The van der Waals surface area contributed by atoms with E-state index >= 15 is 0 Å². The molecule has 1 saturated carbocycles. The Labute approximate surface area is 111 Å². The lowest BCUT2D eigenvalue weighted by molar-refractivity contribution is 0.250. The normalized spacial score (nSPS) is 18.6. The van der Waals surface area contributed by atoms with Gasteiger partial charge in [-0.1, -0.05) is 38.3 Å². The summed E-state index contributed by atoms with van der Waals surface area (Å²) < 4.78 is 5.42. The summed E-state index contributed by atoms with van der Waals surface area (Å²) in [7, 11) is 3.85. The van der Waals surface area contributed by atoms with Gasteiger partial charge in [-0.3, -0.25) is 0 Å². The van der Waals surface area contributed by atoms with Crippen molar-refractivity contribution in [1.29, 1.82) is 0 Å². The van der Waals surface area contributed by atoms with Gasteiger partial charge >= 0.3 is 0 Å². The molecule has 1 aliphatic rings. The number of hydrogen-bond donors (Lipinski definition) is 1. The van der Waals surface area contributed by atoms with Crippen molar-refractivity contribution in [3.05, 3.63) is 29.3 Å². The van der Waals surface area contributed by atoms with Gasteiger partial charge in [-0.25, -0.2) is 0 Å². The smallest absolute Gasteiger partial charge is 0.122 e. The minimum absolute atomic E-state index is 0.189. The fourth-order valence-corrected chi connectivity index (χ4v) is 3.19. The number of aryl methyl sites for hydroxylation is 1. The summed E-state index contributed by atoms with van der Waals surface area (Å²) in [4.78, 5) is 0. The van der Waals surface area contributed by atoms with Gasteiger partial charge in [-0.05, 0) is 43.5 Å². The summed E-state index contributed by atoms with van der Waals surface area (Å²) in [6.07, 6.45) is 7.55. The fourth-order valence-electron chi connectivity index (χ4n) is 3.19. The summed E-state index contributed by atoms with van der Waals surface area (Å²) in [5, 5.41) is 3.58. The van der Waals surface area contributed by atoms with Crippen LogP contribution < -0.4 is 10.1 Å². The molecule has 0 saturated heterocycles. The van der Waals surface area contributed by atoms with Crippen LogP contribution in [0.25, 0.3) is 0 Å². The molecule has 0 bridgehead atoms. The van der Waals surface area contributed by atoms with Crippen LogP contribution in [0.5, 0.6) is 5.75 Å². The largest absolute Gasteiger partial charge is 0.496 e. The molecule has 1 aliphatic carbocycles. The molecular formula is C16H25NO. The van der Waals surface area contributed by atoms with E-state index in [1.165, 1.54) is 43.2 Å². The zero-order valence-electron chi connectivity index (χ0n) is 11.9. The van der Waals surface area contributed by atoms with Gasteiger partial charge in [-0.2, -0.15) is 0 Å². The van der Waals surface area contributed by atoms with Crippen molar-refractivity contribution in [3.8, 4) is 5.75 Å². The van der Waals surface area contributed by atoms with Gasteiger partial charge in [0.05, 0.1) is 7.11 Å². The lowest BCUT2D eigenvalue weighted by Crippen LogP contribution is -2.41. The molecule has 0 heterocycles. The lowest BCUT2D eigenvalue weighted by Gasteiger charge is -2.38. The Morgan fingerprint density at radius 3 is 2.50 bits per heavy atom. The minimum Gasteiger partial charge on any atom is -0.496 e. The molecule has 0 aliphatic heterocycles. The van der Waals surface area contributed by atoms with E-state index in [9.17, 15) is 0 Å². The maximum atomic E-state index is 5.42. The second kappa shape index (κ2) is 5.75. The highest BCUT2D eigenvalue weighted by Gasteiger charge is 2.32. The van der Waals surface area contributed by atoms with Gasteiger partial charge in [0.15, 0.2) is 0 Å². The number of ether oxygens (including phenoxy) is 1. The van der Waals surface area contributed by atoms with Crippen molar-refractivity contribution in [3.63, 3.8) is 0 Å². The van der Waals surface area contributed by atoms with Gasteiger partial charge < -0.3 is 10.1 Å². The Morgan fingerprint density at radius 2 is 1.94 bits per heavy atom. The van der Waals surface area contributed by atoms with E-state index in [1.54, 1.807) is 7.11 Å². The predicted molar refractivity (Wildman–Crippen MR) is 76.2 cm³/mol. The molecule has 1 aromatic rings. The van der Waals surface area contributed by atoms with E-state index in [0.29, 0.717) is 0 Å². The molecular weight excluding hydrogens is 222 g/mol. The van der Waals surface area contributed by atoms with Crippen LogP contribution in [0.15, 0.2) is 18.2 Å². The molecule has 1 aromatic carbocycles. The van der Waals surface area contributed by atoms with Crippen LogP contribution >= 0.6 is 0 Å². The average Bonchev–Trinajstić information content (AvgIpc) is 2.47. The molecule has 0 unspecified atom stereocenters. The molecule has 100 valence electrons. The minimum atomic E-state index is 0.189. The third-order valence-corrected chi connectivity index (χ3v) is 4.40. The van der Waals surface area contributed by atoms with Gasteiger partial charge in [0.2, 0.25) is 0 Å². The van der Waals surface area contributed by atoms with Crippen molar-refractivity contribution in [2.45, 2.75) is 51.0 Å². The average molecular weight is 247 g/mol. The first-order chi connectivity index (χ1) is 8.75. The summed E-state index contributed by atoms with van der Waals surface area (Å²) in [6, 6.07) is 6.70. The van der Waals surface area contributed by atoms with Crippen LogP contribution in [0.1, 0.15) is 50.2 Å². The maximum Gasteiger partial charge on any atom is 0.122 e. The van der Waals surface area contributed by atoms with E-state index in [4.69, 9.17) is 4.74 Å². The number of hydrogen-bond acceptors (Lipinski definition) is 2. The molecule has 0 spiro atoms. The highest BCUT2D eigenvalue weighted by molar-refractivity contribution is 5.40. The third kappa shape index (κ3) is 2.39. The number of rotatable bonds is 4. The SMILES string of the molecule is CCc1cc(C2(NC)CCCCC2)ccc1OC. The van der Waals surface area contributed by atoms with Gasteiger partial charge in [0, 0.05) is 5.54 Å². The standard InChI is InChI=1S/C16H25NO/c1-4-13-12-14(8-9-15(13)18-3)16(17-2)10-6-5-7-11-16/h8-9,12,17H,4-7,10-11H2,1-3H3. The summed E-state index contributed by atoms with van der Waals surface area (Å²) >= 11 is 0. The van der Waals surface area contributed by atoms with E-state index < -0.39 is 0 Å². The quantitative estimate of drug-likeness (QED) is 0.877. The zero-order chi connectivity index (χ0) is 13.0. The second-order valence-electron chi connectivity index (χ2n) is 5.27. The number of benzene rings is 1. The zero-order valence-corrected chi connectivity index (χ0v) is 11.9. The monoisotopic (exact) mass is 247 g/mol. The highest BCUT2D eigenvalue weighted by Crippen LogP contribution is 2.38. The van der Waals surface area contributed by atoms with Crippen LogP contribution in [0.2, 0.25) is 0 Å². The van der Waals surface area contributed by atoms with Crippen LogP contribution in [0, 0.1) is 0 Å². The Kier molecular flexibility index (Phi) is 4.28. The van der Waals surface area contributed by atoms with Crippen molar-refractivity contribution < 1.29 is 4.74 Å². The van der Waals surface area contributed by atoms with E-state index in [-0.39, 0.29) is 5.54 Å². The van der Waals surface area contributed by atoms with Crippen molar-refractivity contribution in [2.75, 3.05) is 14.2 Å². The van der Waals surface area contributed by atoms with Crippen LogP contribution in [0.4, 0.5) is 0 Å². The van der Waals surface area contributed by atoms with Gasteiger partial charge in [-0.15, -0.1) is 0 Å². The van der Waals surface area contributed by atoms with Gasteiger partial charge in [0.25, 0.3) is 0 Å². The fraction of sp³-hybridized carbons (Fsp3) is 0.625. The number of methoxy groups -OCH3 is 1. The van der Waals surface area contributed by atoms with Crippen molar-refractivity contribution in [2.24, 2.45) is 0 Å². The highest BCUT2D eigenvalue weighted by atomic mass is 16.5. The van der Waals surface area contributed by atoms with Crippen LogP contribution in [-0.2, 0) is 12.0 Å². The first-order valence-corrected chi connectivity index (χ1v) is 7.12. The molecule has 0 atom stereocenters.